The monoisotopic (exact) mass is 243 g/mol. The van der Waals surface area contributed by atoms with Crippen LogP contribution in [0.25, 0.3) is 0 Å². The van der Waals surface area contributed by atoms with Gasteiger partial charge in [-0.05, 0) is 20.3 Å². The molecule has 1 amide bonds. The number of nitrogens with zero attached hydrogens (tertiary/aromatic N) is 1. The van der Waals surface area contributed by atoms with Gasteiger partial charge in [-0.3, -0.25) is 9.79 Å². The zero-order valence-electron chi connectivity index (χ0n) is 10.2. The number of carbonyl (C=O) groups excluding carboxylic acids is 1. The third-order valence-corrected chi connectivity index (χ3v) is 3.40. The Morgan fingerprint density at radius 1 is 1.62 bits per heavy atom. The number of hydrogen-bond donors (Lipinski definition) is 2. The van der Waals surface area contributed by atoms with Gasteiger partial charge in [-0.25, -0.2) is 0 Å². The first-order chi connectivity index (χ1) is 7.61. The second-order valence-corrected chi connectivity index (χ2v) is 5.53. The Morgan fingerprint density at radius 2 is 2.38 bits per heavy atom. The Hall–Kier alpha value is -0.710. The van der Waals surface area contributed by atoms with Gasteiger partial charge in [0, 0.05) is 24.3 Å². The first-order valence-corrected chi connectivity index (χ1v) is 6.74. The van der Waals surface area contributed by atoms with Crippen LogP contribution in [0.2, 0.25) is 0 Å². The summed E-state index contributed by atoms with van der Waals surface area (Å²) in [5.74, 6) is 0.0776. The zero-order chi connectivity index (χ0) is 12.0. The molecule has 1 aliphatic heterocycles. The van der Waals surface area contributed by atoms with Crippen molar-refractivity contribution in [2.24, 2.45) is 4.99 Å². The molecule has 0 aromatic heterocycles. The van der Waals surface area contributed by atoms with E-state index >= 15 is 0 Å². The first kappa shape index (κ1) is 13.4. The van der Waals surface area contributed by atoms with E-state index < -0.39 is 0 Å². The summed E-state index contributed by atoms with van der Waals surface area (Å²) >= 11 is 1.76. The Labute approximate surface area is 102 Å². The largest absolute Gasteiger partial charge is 0.362 e. The molecule has 1 saturated heterocycles. The number of amidine groups is 1. The van der Waals surface area contributed by atoms with Crippen molar-refractivity contribution >= 4 is 22.8 Å². The molecule has 16 heavy (non-hydrogen) atoms. The molecule has 1 rings (SSSR count). The highest BCUT2D eigenvalue weighted by Crippen LogP contribution is 2.22. The molecule has 2 unspecified atom stereocenters. The lowest BCUT2D eigenvalue weighted by atomic mass is 10.2. The Bertz CT molecular complexity index is 256. The fourth-order valence-corrected chi connectivity index (χ4v) is 2.87. The number of rotatable bonds is 4. The minimum absolute atomic E-state index is 0.0776. The van der Waals surface area contributed by atoms with Crippen molar-refractivity contribution < 1.29 is 4.79 Å². The van der Waals surface area contributed by atoms with E-state index in [4.69, 9.17) is 0 Å². The summed E-state index contributed by atoms with van der Waals surface area (Å²) < 4.78 is 0. The number of thioether (sulfide) groups is 1. The van der Waals surface area contributed by atoms with Crippen LogP contribution >= 0.6 is 11.8 Å². The van der Waals surface area contributed by atoms with E-state index in [0.717, 1.165) is 5.17 Å². The summed E-state index contributed by atoms with van der Waals surface area (Å²) in [6.07, 6.45) is 1.64. The average molecular weight is 243 g/mol. The van der Waals surface area contributed by atoms with Crippen LogP contribution in [0.15, 0.2) is 4.99 Å². The third-order valence-electron chi connectivity index (χ3n) is 2.34. The Kier molecular flexibility index (Phi) is 5.66. The molecule has 4 nitrogen and oxygen atoms in total. The zero-order valence-corrected chi connectivity index (χ0v) is 11.1. The molecule has 2 atom stereocenters. The maximum atomic E-state index is 11.2. The van der Waals surface area contributed by atoms with Crippen LogP contribution in [0.1, 0.15) is 33.6 Å². The highest BCUT2D eigenvalue weighted by Gasteiger charge is 2.19. The Balaban J connectivity index is 2.30. The average Bonchev–Trinajstić information content (AvgIpc) is 2.16. The summed E-state index contributed by atoms with van der Waals surface area (Å²) in [5.41, 5.74) is 0. The molecule has 92 valence electrons. The minimum Gasteiger partial charge on any atom is -0.362 e. The molecular formula is C11H21N3OS. The fourth-order valence-electron chi connectivity index (χ4n) is 1.67. The van der Waals surface area contributed by atoms with E-state index in [2.05, 4.69) is 29.5 Å². The van der Waals surface area contributed by atoms with Crippen LogP contribution in [0.3, 0.4) is 0 Å². The molecular weight excluding hydrogens is 222 g/mol. The summed E-state index contributed by atoms with van der Waals surface area (Å²) in [6, 6.07) is 0.486. The fraction of sp³-hybridized carbons (Fsp3) is 0.818. The maximum Gasteiger partial charge on any atom is 0.221 e. The second-order valence-electron chi connectivity index (χ2n) is 4.10. The third kappa shape index (κ3) is 4.88. The van der Waals surface area contributed by atoms with Crippen LogP contribution in [-0.2, 0) is 4.79 Å². The van der Waals surface area contributed by atoms with Gasteiger partial charge < -0.3 is 10.6 Å². The predicted molar refractivity (Wildman–Crippen MR) is 69.9 cm³/mol. The maximum absolute atomic E-state index is 11.2. The SMILES string of the molecule is CCNC(=O)CCN=C1NC(C)CC(C)S1. The van der Waals surface area contributed by atoms with Crippen molar-refractivity contribution in [3.05, 3.63) is 0 Å². The van der Waals surface area contributed by atoms with E-state index in [1.807, 2.05) is 6.92 Å². The van der Waals surface area contributed by atoms with Crippen LogP contribution in [0.5, 0.6) is 0 Å². The standard InChI is InChI=1S/C11H21N3OS/c1-4-12-10(15)5-6-13-11-14-8(2)7-9(3)16-11/h8-9H,4-7H2,1-3H3,(H,12,15)(H,13,14). The molecule has 0 bridgehead atoms. The van der Waals surface area contributed by atoms with Gasteiger partial charge in [0.15, 0.2) is 5.17 Å². The Morgan fingerprint density at radius 3 is 3.00 bits per heavy atom. The van der Waals surface area contributed by atoms with E-state index in [1.54, 1.807) is 11.8 Å². The van der Waals surface area contributed by atoms with Crippen molar-refractivity contribution in [3.8, 4) is 0 Å². The molecule has 1 heterocycles. The van der Waals surface area contributed by atoms with Crippen molar-refractivity contribution in [1.29, 1.82) is 0 Å². The topological polar surface area (TPSA) is 53.5 Å². The predicted octanol–water partition coefficient (Wildman–Crippen LogP) is 1.37. The van der Waals surface area contributed by atoms with Crippen molar-refractivity contribution in [2.45, 2.75) is 44.9 Å². The molecule has 0 saturated carbocycles. The number of hydrogen-bond acceptors (Lipinski definition) is 3. The molecule has 1 fully saturated rings. The van der Waals surface area contributed by atoms with Crippen LogP contribution in [-0.4, -0.2) is 35.5 Å². The van der Waals surface area contributed by atoms with Crippen LogP contribution < -0.4 is 10.6 Å². The van der Waals surface area contributed by atoms with Gasteiger partial charge in [-0.1, -0.05) is 18.7 Å². The lowest BCUT2D eigenvalue weighted by Gasteiger charge is -2.26. The summed E-state index contributed by atoms with van der Waals surface area (Å²) in [4.78, 5) is 15.6. The van der Waals surface area contributed by atoms with Crippen molar-refractivity contribution in [1.82, 2.24) is 10.6 Å². The van der Waals surface area contributed by atoms with Gasteiger partial charge >= 0.3 is 0 Å². The summed E-state index contributed by atoms with van der Waals surface area (Å²) in [7, 11) is 0. The van der Waals surface area contributed by atoms with E-state index in [1.165, 1.54) is 6.42 Å². The molecule has 0 aliphatic carbocycles. The highest BCUT2D eigenvalue weighted by molar-refractivity contribution is 8.14. The minimum atomic E-state index is 0.0776. The van der Waals surface area contributed by atoms with Crippen LogP contribution in [0, 0.1) is 0 Å². The molecule has 0 radical (unpaired) electrons. The van der Waals surface area contributed by atoms with Crippen LogP contribution in [0.4, 0.5) is 0 Å². The van der Waals surface area contributed by atoms with Gasteiger partial charge in [0.05, 0.1) is 6.54 Å². The summed E-state index contributed by atoms with van der Waals surface area (Å²) in [6.45, 7) is 7.56. The van der Waals surface area contributed by atoms with E-state index in [-0.39, 0.29) is 5.91 Å². The van der Waals surface area contributed by atoms with Gasteiger partial charge in [-0.2, -0.15) is 0 Å². The number of amides is 1. The highest BCUT2D eigenvalue weighted by atomic mass is 32.2. The van der Waals surface area contributed by atoms with Crippen molar-refractivity contribution in [2.75, 3.05) is 13.1 Å². The normalized spacial score (nSPS) is 27.6. The van der Waals surface area contributed by atoms with Gasteiger partial charge in [0.25, 0.3) is 0 Å². The van der Waals surface area contributed by atoms with E-state index in [9.17, 15) is 4.79 Å². The second kappa shape index (κ2) is 6.78. The number of aliphatic imine (C=N–C) groups is 1. The van der Waals surface area contributed by atoms with Crippen molar-refractivity contribution in [3.63, 3.8) is 0 Å². The molecule has 2 N–H and O–H groups in total. The molecule has 0 spiro atoms. The lowest BCUT2D eigenvalue weighted by molar-refractivity contribution is -0.120. The molecule has 5 heteroatoms. The quantitative estimate of drug-likeness (QED) is 0.784. The van der Waals surface area contributed by atoms with Gasteiger partial charge in [-0.15, -0.1) is 0 Å². The lowest BCUT2D eigenvalue weighted by Crippen LogP contribution is -2.38. The first-order valence-electron chi connectivity index (χ1n) is 5.86. The molecule has 0 aromatic carbocycles. The number of nitrogens with one attached hydrogen (secondary N) is 2. The molecule has 0 aromatic rings. The smallest absolute Gasteiger partial charge is 0.221 e. The van der Waals surface area contributed by atoms with Gasteiger partial charge in [0.1, 0.15) is 0 Å². The summed E-state index contributed by atoms with van der Waals surface area (Å²) in [5, 5.41) is 7.69. The van der Waals surface area contributed by atoms with E-state index in [0.29, 0.717) is 30.8 Å². The number of carbonyl (C=O) groups is 1. The van der Waals surface area contributed by atoms with Gasteiger partial charge in [0.2, 0.25) is 5.91 Å². The molecule has 1 aliphatic rings.